The summed E-state index contributed by atoms with van der Waals surface area (Å²) in [6.07, 6.45) is 7.81. The minimum atomic E-state index is 0.454. The van der Waals surface area contributed by atoms with Crippen molar-refractivity contribution in [1.29, 1.82) is 0 Å². The fourth-order valence-corrected chi connectivity index (χ4v) is 2.43. The molecule has 82 valence electrons. The van der Waals surface area contributed by atoms with Crippen LogP contribution >= 0.6 is 0 Å². The Hall–Kier alpha value is -0.120. The highest BCUT2D eigenvalue weighted by atomic mass is 16.5. The molecule has 3 nitrogen and oxygen atoms in total. The molecule has 0 aromatic heterocycles. The molecule has 2 rings (SSSR count). The maximum Gasteiger partial charge on any atom is 0.0700 e. The zero-order valence-corrected chi connectivity index (χ0v) is 8.87. The van der Waals surface area contributed by atoms with Gasteiger partial charge < -0.3 is 15.8 Å². The Kier molecular flexibility index (Phi) is 3.79. The molecular weight excluding hydrogens is 176 g/mol. The molecule has 0 bridgehead atoms. The molecule has 1 aliphatic heterocycles. The molecule has 3 heteroatoms. The highest BCUT2D eigenvalue weighted by Crippen LogP contribution is 2.18. The Bertz CT molecular complexity index is 161. The summed E-state index contributed by atoms with van der Waals surface area (Å²) in [5.41, 5.74) is 5.86. The van der Waals surface area contributed by atoms with E-state index in [1.807, 2.05) is 0 Å². The summed E-state index contributed by atoms with van der Waals surface area (Å²) in [7, 11) is 0. The summed E-state index contributed by atoms with van der Waals surface area (Å²) < 4.78 is 5.58. The van der Waals surface area contributed by atoms with Crippen LogP contribution in [0.25, 0.3) is 0 Å². The van der Waals surface area contributed by atoms with Crippen LogP contribution in [0.2, 0.25) is 0 Å². The normalized spacial score (nSPS) is 38.8. The lowest BCUT2D eigenvalue weighted by atomic mass is 9.92. The van der Waals surface area contributed by atoms with E-state index >= 15 is 0 Å². The van der Waals surface area contributed by atoms with Crippen molar-refractivity contribution in [3.05, 3.63) is 0 Å². The highest BCUT2D eigenvalue weighted by Gasteiger charge is 2.20. The Morgan fingerprint density at radius 1 is 1.14 bits per heavy atom. The van der Waals surface area contributed by atoms with Crippen LogP contribution in [0.1, 0.15) is 38.5 Å². The molecule has 1 heterocycles. The van der Waals surface area contributed by atoms with Crippen molar-refractivity contribution in [2.75, 3.05) is 13.2 Å². The number of hydrogen-bond donors (Lipinski definition) is 2. The number of hydrogen-bond acceptors (Lipinski definition) is 3. The van der Waals surface area contributed by atoms with Crippen LogP contribution in [0.3, 0.4) is 0 Å². The summed E-state index contributed by atoms with van der Waals surface area (Å²) in [5.74, 6) is 0. The van der Waals surface area contributed by atoms with Crippen molar-refractivity contribution in [2.45, 2.75) is 56.7 Å². The number of rotatable bonds is 3. The lowest BCUT2D eigenvalue weighted by Gasteiger charge is -2.27. The van der Waals surface area contributed by atoms with E-state index in [-0.39, 0.29) is 0 Å². The van der Waals surface area contributed by atoms with Crippen LogP contribution in [-0.4, -0.2) is 31.3 Å². The minimum absolute atomic E-state index is 0.454. The summed E-state index contributed by atoms with van der Waals surface area (Å²) in [6.45, 7) is 2.00. The Morgan fingerprint density at radius 3 is 2.57 bits per heavy atom. The van der Waals surface area contributed by atoms with E-state index < -0.39 is 0 Å². The number of ether oxygens (including phenoxy) is 1. The molecule has 0 unspecified atom stereocenters. The van der Waals surface area contributed by atoms with E-state index in [1.54, 1.807) is 0 Å². The minimum Gasteiger partial charge on any atom is -0.377 e. The lowest BCUT2D eigenvalue weighted by molar-refractivity contribution is 0.105. The second kappa shape index (κ2) is 5.10. The first kappa shape index (κ1) is 10.4. The van der Waals surface area contributed by atoms with Gasteiger partial charge in [-0.15, -0.1) is 0 Å². The van der Waals surface area contributed by atoms with E-state index in [0.29, 0.717) is 18.2 Å². The smallest absolute Gasteiger partial charge is 0.0700 e. The lowest BCUT2D eigenvalue weighted by Crippen LogP contribution is -2.40. The van der Waals surface area contributed by atoms with E-state index in [1.165, 1.54) is 38.5 Å². The van der Waals surface area contributed by atoms with Crippen LogP contribution in [0.15, 0.2) is 0 Å². The van der Waals surface area contributed by atoms with Crippen LogP contribution in [-0.2, 0) is 4.74 Å². The third kappa shape index (κ3) is 2.94. The van der Waals surface area contributed by atoms with E-state index in [0.717, 1.165) is 13.2 Å². The van der Waals surface area contributed by atoms with Gasteiger partial charge in [-0.05, 0) is 38.5 Å². The fraction of sp³-hybridized carbons (Fsp3) is 1.00. The van der Waals surface area contributed by atoms with Crippen LogP contribution in [0.5, 0.6) is 0 Å². The van der Waals surface area contributed by atoms with Gasteiger partial charge in [-0.1, -0.05) is 0 Å². The molecule has 0 aromatic carbocycles. The molecule has 1 saturated carbocycles. The van der Waals surface area contributed by atoms with Crippen molar-refractivity contribution in [3.63, 3.8) is 0 Å². The predicted octanol–water partition coefficient (Wildman–Crippen LogP) is 1.02. The van der Waals surface area contributed by atoms with Gasteiger partial charge in [0.2, 0.25) is 0 Å². The van der Waals surface area contributed by atoms with Crippen molar-refractivity contribution in [3.8, 4) is 0 Å². The number of nitrogens with one attached hydrogen (secondary N) is 1. The maximum atomic E-state index is 5.86. The van der Waals surface area contributed by atoms with Gasteiger partial charge in [0.15, 0.2) is 0 Å². The monoisotopic (exact) mass is 198 g/mol. The maximum absolute atomic E-state index is 5.86. The Labute approximate surface area is 86.4 Å². The number of nitrogens with two attached hydrogens (primary N) is 1. The van der Waals surface area contributed by atoms with E-state index in [9.17, 15) is 0 Å². The van der Waals surface area contributed by atoms with Gasteiger partial charge in [0.05, 0.1) is 6.10 Å². The zero-order valence-electron chi connectivity index (χ0n) is 8.87. The fourth-order valence-electron chi connectivity index (χ4n) is 2.43. The largest absolute Gasteiger partial charge is 0.377 e. The second-order valence-corrected chi connectivity index (χ2v) is 4.65. The van der Waals surface area contributed by atoms with Gasteiger partial charge >= 0.3 is 0 Å². The van der Waals surface area contributed by atoms with Crippen LogP contribution < -0.4 is 11.1 Å². The van der Waals surface area contributed by atoms with Crippen molar-refractivity contribution in [2.24, 2.45) is 5.73 Å². The molecule has 1 saturated heterocycles. The molecule has 0 spiro atoms. The topological polar surface area (TPSA) is 47.3 Å². The molecule has 0 aromatic rings. The third-order valence-electron chi connectivity index (χ3n) is 3.43. The SMILES string of the molecule is N[C@H]1CC[C@H](NC[C@@H]2CCCO2)CC1. The molecule has 2 aliphatic rings. The average molecular weight is 198 g/mol. The molecule has 0 amide bonds. The molecule has 0 radical (unpaired) electrons. The summed E-state index contributed by atoms with van der Waals surface area (Å²) in [5, 5.41) is 3.60. The first-order valence-corrected chi connectivity index (χ1v) is 5.95. The average Bonchev–Trinajstić information content (AvgIpc) is 2.70. The molecule has 1 aliphatic carbocycles. The summed E-state index contributed by atoms with van der Waals surface area (Å²) in [6, 6.07) is 1.15. The third-order valence-corrected chi connectivity index (χ3v) is 3.43. The van der Waals surface area contributed by atoms with Crippen molar-refractivity contribution < 1.29 is 4.74 Å². The predicted molar refractivity (Wildman–Crippen MR) is 57.2 cm³/mol. The molecule has 2 fully saturated rings. The van der Waals surface area contributed by atoms with Gasteiger partial charge in [-0.25, -0.2) is 0 Å². The van der Waals surface area contributed by atoms with Gasteiger partial charge in [-0.2, -0.15) is 0 Å². The first-order valence-electron chi connectivity index (χ1n) is 5.95. The van der Waals surface area contributed by atoms with E-state index in [2.05, 4.69) is 5.32 Å². The van der Waals surface area contributed by atoms with Crippen molar-refractivity contribution >= 4 is 0 Å². The summed E-state index contributed by atoms with van der Waals surface area (Å²) >= 11 is 0. The van der Waals surface area contributed by atoms with E-state index in [4.69, 9.17) is 10.5 Å². The second-order valence-electron chi connectivity index (χ2n) is 4.65. The molecule has 1 atom stereocenters. The van der Waals surface area contributed by atoms with Gasteiger partial charge in [-0.3, -0.25) is 0 Å². The van der Waals surface area contributed by atoms with Crippen LogP contribution in [0.4, 0.5) is 0 Å². The highest BCUT2D eigenvalue weighted by molar-refractivity contribution is 4.80. The standard InChI is InChI=1S/C11H22N2O/c12-9-3-5-10(6-4-9)13-8-11-2-1-7-14-11/h9-11,13H,1-8,12H2/t9-,10-,11-/m0/s1. The van der Waals surface area contributed by atoms with Crippen LogP contribution in [0, 0.1) is 0 Å². The quantitative estimate of drug-likeness (QED) is 0.712. The Balaban J connectivity index is 1.60. The molecule has 3 N–H and O–H groups in total. The first-order chi connectivity index (χ1) is 6.84. The molecular formula is C11H22N2O. The van der Waals surface area contributed by atoms with Gasteiger partial charge in [0.1, 0.15) is 0 Å². The Morgan fingerprint density at radius 2 is 1.93 bits per heavy atom. The summed E-state index contributed by atoms with van der Waals surface area (Å²) in [4.78, 5) is 0. The zero-order chi connectivity index (χ0) is 9.80. The van der Waals surface area contributed by atoms with Gasteiger partial charge in [0.25, 0.3) is 0 Å². The molecule has 14 heavy (non-hydrogen) atoms. The van der Waals surface area contributed by atoms with Crippen molar-refractivity contribution in [1.82, 2.24) is 5.32 Å². The van der Waals surface area contributed by atoms with Gasteiger partial charge in [0, 0.05) is 25.2 Å².